The molecule has 0 aromatic heterocycles. The molecule has 0 heterocycles. The minimum atomic E-state index is 0. The Morgan fingerprint density at radius 1 is 0.560 bits per heavy atom. The first kappa shape index (κ1) is 33.8. The maximum atomic E-state index is 7.50. The van der Waals surface area contributed by atoms with E-state index in [4.69, 9.17) is 28.7 Å². The van der Waals surface area contributed by atoms with E-state index in [0.29, 0.717) is 0 Å². The molecule has 0 aliphatic heterocycles. The molecule has 0 unspecified atom stereocenters. The molecule has 0 saturated carbocycles. The predicted octanol–water partition coefficient (Wildman–Crippen LogP) is 1.16. The van der Waals surface area contributed by atoms with Crippen molar-refractivity contribution in [1.82, 2.24) is 0 Å². The SMILES string of the molecule is [C](Oc1ccccc1)c1ccccc1.[C]=O.[C]=O.[C]=O.[C]=O.[C]=O.[W]. The fourth-order valence-corrected chi connectivity index (χ4v) is 1.11. The Bertz CT molecular complexity index is 405. The van der Waals surface area contributed by atoms with Crippen molar-refractivity contribution in [2.75, 3.05) is 0 Å². The minimum absolute atomic E-state index is 0. The Balaban J connectivity index is -0.000000105. The normalized spacial score (nSPS) is 6.24. The van der Waals surface area contributed by atoms with Crippen LogP contribution in [0.15, 0.2) is 60.7 Å². The molecular formula is C18H10O6W. The van der Waals surface area contributed by atoms with Gasteiger partial charge in [0.05, 0.1) is 0 Å². The van der Waals surface area contributed by atoms with E-state index in [1.165, 1.54) is 0 Å². The second-order valence-electron chi connectivity index (χ2n) is 2.88. The molecule has 0 fully saturated rings. The maximum absolute atomic E-state index is 7.50. The molecule has 0 bridgehead atoms. The molecule has 2 aromatic carbocycles. The van der Waals surface area contributed by atoms with Crippen LogP contribution in [0.25, 0.3) is 0 Å². The van der Waals surface area contributed by atoms with Crippen molar-refractivity contribution in [2.24, 2.45) is 0 Å². The molecular weight excluding hydrogens is 496 g/mol. The maximum Gasteiger partial charge on any atom is 0.281 e. The first-order valence-corrected chi connectivity index (χ1v) is 5.50. The first-order chi connectivity index (χ1) is 11.9. The van der Waals surface area contributed by atoms with Gasteiger partial charge >= 0.3 is 0 Å². The number of ether oxygens (including phenoxy) is 1. The van der Waals surface area contributed by atoms with Gasteiger partial charge in [-0.3, -0.25) is 24.0 Å². The quantitative estimate of drug-likeness (QED) is 0.621. The number of para-hydroxylation sites is 1. The van der Waals surface area contributed by atoms with E-state index >= 15 is 0 Å². The van der Waals surface area contributed by atoms with Gasteiger partial charge in [-0.25, -0.2) is 0 Å². The molecule has 2 aromatic rings. The summed E-state index contributed by atoms with van der Waals surface area (Å²) >= 11 is 0. The summed E-state index contributed by atoms with van der Waals surface area (Å²) in [6.45, 7) is 25.4. The third-order valence-corrected chi connectivity index (χ3v) is 1.80. The Kier molecular flexibility index (Phi) is 50.7. The summed E-state index contributed by atoms with van der Waals surface area (Å²) in [6, 6.07) is 19.4. The topological polar surface area (TPSA) is 94.6 Å². The molecule has 0 aliphatic rings. The van der Waals surface area contributed by atoms with Gasteiger partial charge in [0.15, 0.2) is 0 Å². The van der Waals surface area contributed by atoms with Gasteiger partial charge in [0.2, 0.25) is 6.61 Å². The van der Waals surface area contributed by atoms with Crippen LogP contribution < -0.4 is 4.74 Å². The summed E-state index contributed by atoms with van der Waals surface area (Å²) in [4.78, 5) is 37.5. The molecule has 0 saturated heterocycles. The van der Waals surface area contributed by atoms with Gasteiger partial charge < -0.3 is 4.74 Å². The van der Waals surface area contributed by atoms with Gasteiger partial charge in [-0.2, -0.15) is 0 Å². The molecule has 0 atom stereocenters. The summed E-state index contributed by atoms with van der Waals surface area (Å²) in [6.07, 6.45) is 0. The standard InChI is InChI=1S/C13H10O.5CO.W/c1-3-7-12(8-4-1)11-14-13-9-5-2-6-10-13;5*1-2;/h1-10H;;;;;;. The van der Waals surface area contributed by atoms with Gasteiger partial charge in [0.1, 0.15) is 5.75 Å². The zero-order valence-corrected chi connectivity index (χ0v) is 15.6. The van der Waals surface area contributed by atoms with Crippen LogP contribution in [0.1, 0.15) is 5.56 Å². The van der Waals surface area contributed by atoms with Gasteiger partial charge in [0, 0.05) is 26.6 Å². The fraction of sp³-hybridized carbons (Fsp3) is 0. The van der Waals surface area contributed by atoms with E-state index in [1.807, 2.05) is 60.7 Å². The number of benzene rings is 2. The summed E-state index contributed by atoms with van der Waals surface area (Å²) in [5, 5.41) is 0. The monoisotopic (exact) mass is 506 g/mol. The van der Waals surface area contributed by atoms with Crippen LogP contribution in [-0.4, -0.2) is 33.9 Å². The predicted molar refractivity (Wildman–Crippen MR) is 84.3 cm³/mol. The minimum Gasteiger partial charge on any atom is -0.473 e. The van der Waals surface area contributed by atoms with Crippen molar-refractivity contribution < 1.29 is 49.8 Å². The third-order valence-electron chi connectivity index (χ3n) is 1.80. The first-order valence-electron chi connectivity index (χ1n) is 5.50. The summed E-state index contributed by atoms with van der Waals surface area (Å²) in [5.41, 5.74) is 0.941. The molecule has 2 rings (SSSR count). The van der Waals surface area contributed by atoms with Crippen molar-refractivity contribution in [2.45, 2.75) is 0 Å². The van der Waals surface area contributed by atoms with Crippen LogP contribution in [0, 0.1) is 6.61 Å². The molecule has 124 valence electrons. The Labute approximate surface area is 162 Å². The molecule has 0 amide bonds. The Hall–Kier alpha value is -2.72. The number of carbonyl (C=O) groups excluding carboxylic acids is 5. The van der Waals surface area contributed by atoms with Crippen LogP contribution in [0.3, 0.4) is 0 Å². The third kappa shape index (κ3) is 23.7. The van der Waals surface area contributed by atoms with Crippen LogP contribution in [-0.2, 0) is 45.0 Å². The molecule has 0 spiro atoms. The number of hydrogen-bond acceptors (Lipinski definition) is 6. The molecule has 0 N–H and O–H groups in total. The second kappa shape index (κ2) is 37.5. The average molecular weight is 506 g/mol. The van der Waals surface area contributed by atoms with Gasteiger partial charge in [-0.05, 0) is 12.1 Å². The van der Waals surface area contributed by atoms with E-state index in [9.17, 15) is 0 Å². The molecule has 7 heteroatoms. The van der Waals surface area contributed by atoms with Crippen molar-refractivity contribution >= 4 is 33.9 Å². The van der Waals surface area contributed by atoms with E-state index in [-0.39, 0.29) is 21.1 Å². The second-order valence-corrected chi connectivity index (χ2v) is 2.88. The van der Waals surface area contributed by atoms with Crippen molar-refractivity contribution in [3.05, 3.63) is 72.8 Å². The molecule has 25 heavy (non-hydrogen) atoms. The van der Waals surface area contributed by atoms with Crippen molar-refractivity contribution in [1.29, 1.82) is 0 Å². The van der Waals surface area contributed by atoms with Gasteiger partial charge in [0.25, 0.3) is 33.9 Å². The Morgan fingerprint density at radius 2 is 0.880 bits per heavy atom. The van der Waals surface area contributed by atoms with E-state index in [0.717, 1.165) is 11.3 Å². The summed E-state index contributed by atoms with van der Waals surface area (Å²) < 4.78 is 5.34. The molecule has 0 aliphatic carbocycles. The largest absolute Gasteiger partial charge is 0.473 e. The zero-order valence-electron chi connectivity index (χ0n) is 12.6. The zero-order chi connectivity index (χ0) is 19.6. The van der Waals surface area contributed by atoms with Crippen molar-refractivity contribution in [3.63, 3.8) is 0 Å². The Morgan fingerprint density at radius 3 is 1.24 bits per heavy atom. The molecule has 12 radical (unpaired) electrons. The smallest absolute Gasteiger partial charge is 0.281 e. The van der Waals surface area contributed by atoms with E-state index in [2.05, 4.69) is 40.6 Å². The van der Waals surface area contributed by atoms with Gasteiger partial charge in [-0.15, -0.1) is 0 Å². The molecule has 6 nitrogen and oxygen atoms in total. The van der Waals surface area contributed by atoms with E-state index in [1.54, 1.807) is 0 Å². The fourth-order valence-electron chi connectivity index (χ4n) is 1.11. The number of rotatable bonds is 3. The van der Waals surface area contributed by atoms with Crippen LogP contribution in [0.5, 0.6) is 5.75 Å². The van der Waals surface area contributed by atoms with Gasteiger partial charge in [-0.1, -0.05) is 48.5 Å². The van der Waals surface area contributed by atoms with Crippen LogP contribution in [0.4, 0.5) is 0 Å². The summed E-state index contributed by atoms with van der Waals surface area (Å²) in [5.74, 6) is 0.802. The average Bonchev–Trinajstić information content (AvgIpc) is 2.75. The van der Waals surface area contributed by atoms with E-state index < -0.39 is 0 Å². The van der Waals surface area contributed by atoms with Crippen LogP contribution >= 0.6 is 0 Å². The van der Waals surface area contributed by atoms with Crippen molar-refractivity contribution in [3.8, 4) is 5.75 Å². The summed E-state index contributed by atoms with van der Waals surface area (Å²) in [7, 11) is 0. The number of hydrogen-bond donors (Lipinski definition) is 0. The van der Waals surface area contributed by atoms with Crippen LogP contribution in [0.2, 0.25) is 0 Å².